The third-order valence-electron chi connectivity index (χ3n) is 3.32. The van der Waals surface area contributed by atoms with Crippen LogP contribution in [0, 0.1) is 11.5 Å². The fraction of sp³-hybridized carbons (Fsp3) is 0.125. The average Bonchev–Trinajstić information content (AvgIpc) is 2.76. The standard InChI is InChI=1S/C16H15N3O2/c20-16-13-19(21)18(12-15-9-5-2-6-10-15)17(16)11-14-7-3-1-4-8-14/h1-10,13H,11-12H2/q+1. The summed E-state index contributed by atoms with van der Waals surface area (Å²) in [7, 11) is 0. The van der Waals surface area contributed by atoms with Crippen LogP contribution in [0.5, 0.6) is 0 Å². The van der Waals surface area contributed by atoms with Crippen molar-refractivity contribution in [1.82, 2.24) is 10.1 Å². The summed E-state index contributed by atoms with van der Waals surface area (Å²) in [4.78, 5) is 24.5. The number of rotatable bonds is 4. The molecule has 3 rings (SSSR count). The summed E-state index contributed by atoms with van der Waals surface area (Å²) in [5.74, 6) is -0.301. The smallest absolute Gasteiger partial charge is 0.264 e. The summed E-state index contributed by atoms with van der Waals surface area (Å²) in [6.45, 7) is 1.80. The van der Waals surface area contributed by atoms with Crippen molar-refractivity contribution in [2.75, 3.05) is 0 Å². The van der Waals surface area contributed by atoms with Gasteiger partial charge < -0.3 is 0 Å². The molecule has 0 saturated carbocycles. The second-order valence-electron chi connectivity index (χ2n) is 4.83. The molecule has 1 heterocycles. The topological polar surface area (TPSA) is 43.6 Å². The SMILES string of the molecule is O=C1[CH][N+](=O)N(Cc2ccccc2)N1Cc1ccccc1. The van der Waals surface area contributed by atoms with Crippen LogP contribution in [0.4, 0.5) is 0 Å². The van der Waals surface area contributed by atoms with E-state index in [1.165, 1.54) is 10.1 Å². The highest BCUT2D eigenvalue weighted by Crippen LogP contribution is 2.19. The fourth-order valence-corrected chi connectivity index (χ4v) is 2.27. The zero-order chi connectivity index (χ0) is 14.7. The van der Waals surface area contributed by atoms with Crippen molar-refractivity contribution in [1.29, 1.82) is 0 Å². The lowest BCUT2D eigenvalue weighted by Gasteiger charge is -2.20. The molecule has 21 heavy (non-hydrogen) atoms. The number of hydrazine groups is 2. The highest BCUT2D eigenvalue weighted by Gasteiger charge is 2.44. The Balaban J connectivity index is 1.79. The van der Waals surface area contributed by atoms with Gasteiger partial charge in [0.1, 0.15) is 6.54 Å². The summed E-state index contributed by atoms with van der Waals surface area (Å²) in [6.07, 6.45) is 0. The molecule has 1 saturated heterocycles. The molecule has 0 atom stereocenters. The Morgan fingerprint density at radius 1 is 0.810 bits per heavy atom. The van der Waals surface area contributed by atoms with Gasteiger partial charge in [-0.1, -0.05) is 60.7 Å². The third kappa shape index (κ3) is 2.91. The molecule has 2 aromatic rings. The number of hydrogen-bond donors (Lipinski definition) is 0. The van der Waals surface area contributed by atoms with Crippen LogP contribution in [-0.4, -0.2) is 20.9 Å². The monoisotopic (exact) mass is 281 g/mol. The number of benzene rings is 2. The minimum atomic E-state index is -0.301. The molecule has 0 N–H and O–H groups in total. The Morgan fingerprint density at radius 2 is 1.33 bits per heavy atom. The molecule has 105 valence electrons. The van der Waals surface area contributed by atoms with Gasteiger partial charge >= 0.3 is 12.5 Å². The van der Waals surface area contributed by atoms with Crippen LogP contribution in [0.1, 0.15) is 11.1 Å². The quantitative estimate of drug-likeness (QED) is 0.808. The molecular weight excluding hydrogens is 266 g/mol. The van der Waals surface area contributed by atoms with Gasteiger partial charge in [0.05, 0.1) is 11.5 Å². The zero-order valence-electron chi connectivity index (χ0n) is 11.4. The number of carbonyl (C=O) groups is 1. The minimum absolute atomic E-state index is 0.301. The van der Waals surface area contributed by atoms with Crippen LogP contribution in [0.3, 0.4) is 0 Å². The van der Waals surface area contributed by atoms with Gasteiger partial charge in [-0.15, -0.1) is 0 Å². The molecule has 1 aliphatic heterocycles. The fourth-order valence-electron chi connectivity index (χ4n) is 2.27. The predicted octanol–water partition coefficient (Wildman–Crippen LogP) is 2.30. The van der Waals surface area contributed by atoms with Gasteiger partial charge in [-0.05, 0) is 16.2 Å². The van der Waals surface area contributed by atoms with E-state index >= 15 is 0 Å². The molecule has 1 radical (unpaired) electrons. The van der Waals surface area contributed by atoms with Crippen molar-refractivity contribution in [3.8, 4) is 0 Å². The van der Waals surface area contributed by atoms with Crippen LogP contribution >= 0.6 is 0 Å². The summed E-state index contributed by atoms with van der Waals surface area (Å²) in [5, 5.41) is 2.86. The number of nitrogens with zero attached hydrogens (tertiary/aromatic N) is 3. The normalized spacial score (nSPS) is 14.9. The van der Waals surface area contributed by atoms with E-state index in [1.807, 2.05) is 60.7 Å². The Labute approximate surface area is 122 Å². The van der Waals surface area contributed by atoms with Gasteiger partial charge in [0.25, 0.3) is 0 Å². The molecule has 2 aromatic carbocycles. The van der Waals surface area contributed by atoms with E-state index in [0.29, 0.717) is 18.0 Å². The molecule has 5 nitrogen and oxygen atoms in total. The highest BCUT2D eigenvalue weighted by molar-refractivity contribution is 5.83. The second kappa shape index (κ2) is 5.75. The summed E-state index contributed by atoms with van der Waals surface area (Å²) >= 11 is 0. The molecule has 0 unspecified atom stereocenters. The van der Waals surface area contributed by atoms with E-state index < -0.39 is 0 Å². The van der Waals surface area contributed by atoms with Gasteiger partial charge in [0.2, 0.25) is 0 Å². The summed E-state index contributed by atoms with van der Waals surface area (Å²) in [6, 6.07) is 19.2. The summed E-state index contributed by atoms with van der Waals surface area (Å²) in [5.41, 5.74) is 1.95. The second-order valence-corrected chi connectivity index (χ2v) is 4.83. The average molecular weight is 281 g/mol. The molecule has 0 aromatic heterocycles. The lowest BCUT2D eigenvalue weighted by Crippen LogP contribution is -2.40. The Hall–Kier alpha value is -2.69. The Bertz CT molecular complexity index is 586. The number of nitroso groups, excluding NO2 is 1. The van der Waals surface area contributed by atoms with Crippen LogP contribution in [0.2, 0.25) is 0 Å². The maximum absolute atomic E-state index is 12.0. The van der Waals surface area contributed by atoms with Crippen LogP contribution < -0.4 is 0 Å². The van der Waals surface area contributed by atoms with Crippen molar-refractivity contribution < 1.29 is 9.66 Å². The lowest BCUT2D eigenvalue weighted by atomic mass is 10.2. The van der Waals surface area contributed by atoms with Crippen LogP contribution in [-0.2, 0) is 17.9 Å². The van der Waals surface area contributed by atoms with Crippen LogP contribution in [0.15, 0.2) is 60.7 Å². The van der Waals surface area contributed by atoms with Gasteiger partial charge in [0, 0.05) is 0 Å². The largest absolute Gasteiger partial charge is 0.392 e. The van der Waals surface area contributed by atoms with Gasteiger partial charge in [-0.3, -0.25) is 4.79 Å². The van der Waals surface area contributed by atoms with E-state index in [-0.39, 0.29) is 5.91 Å². The highest BCUT2D eigenvalue weighted by atomic mass is 16.4. The van der Waals surface area contributed by atoms with Crippen molar-refractivity contribution >= 4 is 5.91 Å². The first-order valence-corrected chi connectivity index (χ1v) is 6.72. The molecule has 5 heteroatoms. The van der Waals surface area contributed by atoms with Crippen molar-refractivity contribution in [2.24, 2.45) is 0 Å². The van der Waals surface area contributed by atoms with Crippen molar-refractivity contribution in [2.45, 2.75) is 13.1 Å². The van der Waals surface area contributed by atoms with E-state index in [2.05, 4.69) is 0 Å². The van der Waals surface area contributed by atoms with E-state index in [9.17, 15) is 9.70 Å². The molecule has 0 aliphatic carbocycles. The molecule has 1 amide bonds. The minimum Gasteiger partial charge on any atom is -0.264 e. The predicted molar refractivity (Wildman–Crippen MR) is 76.9 cm³/mol. The van der Waals surface area contributed by atoms with E-state index in [0.717, 1.165) is 17.7 Å². The van der Waals surface area contributed by atoms with Gasteiger partial charge in [-0.25, -0.2) is 0 Å². The molecular formula is C16H15N3O2+. The summed E-state index contributed by atoms with van der Waals surface area (Å²) < 4.78 is 0. The Kier molecular flexibility index (Phi) is 3.64. The van der Waals surface area contributed by atoms with Gasteiger partial charge in [0.15, 0.2) is 4.87 Å². The number of hydrogen-bond acceptors (Lipinski definition) is 2. The lowest BCUT2D eigenvalue weighted by molar-refractivity contribution is -0.693. The third-order valence-corrected chi connectivity index (χ3v) is 3.32. The van der Waals surface area contributed by atoms with E-state index in [4.69, 9.17) is 0 Å². The van der Waals surface area contributed by atoms with E-state index in [1.54, 1.807) is 0 Å². The van der Waals surface area contributed by atoms with Crippen molar-refractivity contribution in [3.05, 3.63) is 83.2 Å². The van der Waals surface area contributed by atoms with Crippen LogP contribution in [0.25, 0.3) is 0 Å². The first-order chi connectivity index (χ1) is 10.2. The molecule has 1 aliphatic rings. The molecule has 0 bridgehead atoms. The maximum Gasteiger partial charge on any atom is 0.392 e. The molecule has 0 spiro atoms. The first-order valence-electron chi connectivity index (χ1n) is 6.72. The zero-order valence-corrected chi connectivity index (χ0v) is 11.4. The van der Waals surface area contributed by atoms with Crippen molar-refractivity contribution in [3.63, 3.8) is 0 Å². The maximum atomic E-state index is 12.0. The Morgan fingerprint density at radius 3 is 1.90 bits per heavy atom. The first kappa shape index (κ1) is 13.3. The van der Waals surface area contributed by atoms with Gasteiger partial charge in [-0.2, -0.15) is 5.01 Å². The molecule has 1 fully saturated rings. The number of amides is 1. The number of carbonyl (C=O) groups excluding carboxylic acids is 1.